The van der Waals surface area contributed by atoms with E-state index >= 15 is 0 Å². The molecule has 2 aliphatic heterocycles. The fraction of sp³-hybridized carbons (Fsp3) is 0.853. The number of halogens is 1. The van der Waals surface area contributed by atoms with Crippen LogP contribution in [0.3, 0.4) is 0 Å². The van der Waals surface area contributed by atoms with Crippen molar-refractivity contribution in [1.82, 2.24) is 20.4 Å². The zero-order valence-corrected chi connectivity index (χ0v) is 27.5. The van der Waals surface area contributed by atoms with Gasteiger partial charge in [-0.3, -0.25) is 14.4 Å². The molecule has 0 radical (unpaired) electrons. The number of nitrogens with zero attached hydrogens (tertiary/aromatic N) is 3. The van der Waals surface area contributed by atoms with Gasteiger partial charge < -0.3 is 34.7 Å². The third-order valence-electron chi connectivity index (χ3n) is 12.1. The SMILES string of the molecule is CN1CCCC1.N#CC1CC(F)CN1C(=O)CNC12CCC(C(=O)OCCOC(=O)C34CCC(NCC=O)(CC3)CC4)(CC1)CC2. The van der Waals surface area contributed by atoms with E-state index in [0.717, 1.165) is 64.1 Å². The molecular weight excluding hydrogens is 593 g/mol. The summed E-state index contributed by atoms with van der Waals surface area (Å²) in [5, 5.41) is 15.9. The van der Waals surface area contributed by atoms with Crippen molar-refractivity contribution in [3.8, 4) is 6.07 Å². The van der Waals surface area contributed by atoms with Crippen LogP contribution in [-0.4, -0.2) is 110 Å². The maximum absolute atomic E-state index is 13.7. The molecule has 0 aromatic rings. The van der Waals surface area contributed by atoms with Gasteiger partial charge in [0.2, 0.25) is 5.91 Å². The van der Waals surface area contributed by atoms with Gasteiger partial charge in [-0.1, -0.05) is 0 Å². The van der Waals surface area contributed by atoms with Crippen molar-refractivity contribution in [2.45, 2.75) is 120 Å². The number of aldehydes is 1. The summed E-state index contributed by atoms with van der Waals surface area (Å²) >= 11 is 0. The van der Waals surface area contributed by atoms with Crippen molar-refractivity contribution in [1.29, 1.82) is 5.26 Å². The molecule has 8 rings (SSSR count). The van der Waals surface area contributed by atoms with Gasteiger partial charge in [-0.2, -0.15) is 5.26 Å². The topological polar surface area (TPSA) is 141 Å². The first kappa shape index (κ1) is 34.7. The minimum atomic E-state index is -1.15. The number of likely N-dealkylation sites (tertiary alicyclic amines) is 2. The lowest BCUT2D eigenvalue weighted by Crippen LogP contribution is -2.59. The number of hydrogen-bond donors (Lipinski definition) is 2. The molecule has 0 aromatic heterocycles. The first-order valence-electron chi connectivity index (χ1n) is 17.4. The zero-order chi connectivity index (χ0) is 32.8. The smallest absolute Gasteiger partial charge is 0.312 e. The number of fused-ring (bicyclic) bond motifs is 6. The summed E-state index contributed by atoms with van der Waals surface area (Å²) in [4.78, 5) is 53.1. The predicted octanol–water partition coefficient (Wildman–Crippen LogP) is 2.81. The summed E-state index contributed by atoms with van der Waals surface area (Å²) in [6.45, 7) is 3.09. The summed E-state index contributed by atoms with van der Waals surface area (Å²) in [7, 11) is 2.17. The molecule has 2 atom stereocenters. The molecule has 4 bridgehead atoms. The summed E-state index contributed by atoms with van der Waals surface area (Å²) in [6, 6.07) is 1.31. The van der Waals surface area contributed by atoms with Crippen molar-refractivity contribution in [2.75, 3.05) is 53.0 Å². The maximum atomic E-state index is 13.7. The van der Waals surface area contributed by atoms with Crippen LogP contribution >= 0.6 is 0 Å². The van der Waals surface area contributed by atoms with E-state index in [-0.39, 0.29) is 61.6 Å². The van der Waals surface area contributed by atoms with Gasteiger partial charge in [0, 0.05) is 17.5 Å². The maximum Gasteiger partial charge on any atom is 0.312 e. The van der Waals surface area contributed by atoms with Gasteiger partial charge >= 0.3 is 11.9 Å². The lowest BCUT2D eigenvalue weighted by atomic mass is 9.57. The van der Waals surface area contributed by atoms with Crippen LogP contribution in [0.4, 0.5) is 4.39 Å². The number of nitriles is 1. The van der Waals surface area contributed by atoms with E-state index in [1.54, 1.807) is 0 Å². The normalized spacial score (nSPS) is 36.4. The second-order valence-corrected chi connectivity index (χ2v) is 14.8. The van der Waals surface area contributed by atoms with E-state index < -0.39 is 23.0 Å². The van der Waals surface area contributed by atoms with E-state index in [0.29, 0.717) is 25.8 Å². The fourth-order valence-corrected chi connectivity index (χ4v) is 8.77. The Labute approximate surface area is 272 Å². The summed E-state index contributed by atoms with van der Waals surface area (Å²) in [5.41, 5.74) is -1.27. The van der Waals surface area contributed by atoms with Gasteiger partial charge in [-0.15, -0.1) is 0 Å². The molecule has 8 fully saturated rings. The predicted molar refractivity (Wildman–Crippen MR) is 167 cm³/mol. The first-order chi connectivity index (χ1) is 22.1. The van der Waals surface area contributed by atoms with Crippen LogP contribution in [0.25, 0.3) is 0 Å². The Morgan fingerprint density at radius 1 is 0.848 bits per heavy atom. The molecule has 6 saturated carbocycles. The van der Waals surface area contributed by atoms with Crippen molar-refractivity contribution in [3.05, 3.63) is 0 Å². The Hall–Kier alpha value is -2.62. The Morgan fingerprint density at radius 3 is 1.74 bits per heavy atom. The van der Waals surface area contributed by atoms with Crippen LogP contribution in [0.15, 0.2) is 0 Å². The Morgan fingerprint density at radius 2 is 1.33 bits per heavy atom. The van der Waals surface area contributed by atoms with Crippen LogP contribution in [0.5, 0.6) is 0 Å². The van der Waals surface area contributed by atoms with Crippen molar-refractivity contribution < 1.29 is 33.0 Å². The average molecular weight is 646 g/mol. The standard InChI is InChI=1S/C29H41FN4O6.C5H11N/c30-21-17-22(18-31)34(20-21)23(36)19-33-29-10-4-27(5-11-29,6-12-29)25(38)40-16-15-39-24(37)26-1-7-28(8-2-26,9-3-26)32-13-14-35;1-6-4-2-3-5-6/h14,21-22,32-33H,1-13,15-17,19-20H2;2-5H2,1H3. The van der Waals surface area contributed by atoms with Crippen LogP contribution in [-0.2, 0) is 28.7 Å². The highest BCUT2D eigenvalue weighted by Crippen LogP contribution is 2.54. The van der Waals surface area contributed by atoms with Crippen molar-refractivity contribution >= 4 is 24.1 Å². The minimum absolute atomic E-state index is 0.0301. The second-order valence-electron chi connectivity index (χ2n) is 14.8. The van der Waals surface area contributed by atoms with E-state index in [4.69, 9.17) is 9.47 Å². The number of carbonyl (C=O) groups is 4. The molecule has 2 unspecified atom stereocenters. The fourth-order valence-electron chi connectivity index (χ4n) is 8.77. The summed E-state index contributed by atoms with van der Waals surface area (Å²) < 4.78 is 24.9. The molecular formula is C34H52FN5O6. The highest BCUT2D eigenvalue weighted by Gasteiger charge is 2.54. The Kier molecular flexibility index (Phi) is 11.1. The number of hydrogen-bond acceptors (Lipinski definition) is 10. The van der Waals surface area contributed by atoms with Crippen molar-refractivity contribution in [2.24, 2.45) is 10.8 Å². The highest BCUT2D eigenvalue weighted by molar-refractivity contribution is 5.80. The van der Waals surface area contributed by atoms with Crippen LogP contribution in [0, 0.1) is 22.2 Å². The number of nitrogens with one attached hydrogen (secondary N) is 2. The van der Waals surface area contributed by atoms with Gasteiger partial charge in [-0.05, 0) is 110 Å². The molecule has 2 heterocycles. The lowest BCUT2D eigenvalue weighted by Gasteiger charge is -2.52. The van der Waals surface area contributed by atoms with E-state index in [9.17, 15) is 28.8 Å². The van der Waals surface area contributed by atoms with Crippen molar-refractivity contribution in [3.63, 3.8) is 0 Å². The average Bonchev–Trinajstić information content (AvgIpc) is 3.74. The summed E-state index contributed by atoms with van der Waals surface area (Å²) in [6.07, 6.45) is 11.6. The zero-order valence-electron chi connectivity index (χ0n) is 27.5. The molecule has 12 heteroatoms. The van der Waals surface area contributed by atoms with Crippen LogP contribution in [0.2, 0.25) is 0 Å². The van der Waals surface area contributed by atoms with Gasteiger partial charge in [-0.25, -0.2) is 4.39 Å². The van der Waals surface area contributed by atoms with E-state index in [2.05, 4.69) is 22.6 Å². The highest BCUT2D eigenvalue weighted by atomic mass is 19.1. The number of rotatable bonds is 11. The molecule has 0 aromatic carbocycles. The minimum Gasteiger partial charge on any atom is -0.462 e. The van der Waals surface area contributed by atoms with Crippen LogP contribution < -0.4 is 10.6 Å². The monoisotopic (exact) mass is 645 g/mol. The molecule has 1 amide bonds. The van der Waals surface area contributed by atoms with Gasteiger partial charge in [0.15, 0.2) is 0 Å². The number of amides is 1. The second kappa shape index (κ2) is 14.7. The Balaban J connectivity index is 0.000000624. The number of alkyl halides is 1. The molecule has 11 nitrogen and oxygen atoms in total. The lowest BCUT2D eigenvalue weighted by molar-refractivity contribution is -0.173. The third-order valence-corrected chi connectivity index (χ3v) is 12.1. The molecule has 2 saturated heterocycles. The molecule has 256 valence electrons. The van der Waals surface area contributed by atoms with E-state index in [1.165, 1.54) is 30.8 Å². The van der Waals surface area contributed by atoms with Gasteiger partial charge in [0.1, 0.15) is 31.7 Å². The largest absolute Gasteiger partial charge is 0.462 e. The molecule has 8 aliphatic rings. The number of ether oxygens (including phenoxy) is 2. The molecule has 2 N–H and O–H groups in total. The van der Waals surface area contributed by atoms with Gasteiger partial charge in [0.05, 0.1) is 36.5 Å². The molecule has 0 spiro atoms. The Bertz CT molecular complexity index is 1120. The summed E-state index contributed by atoms with van der Waals surface area (Å²) in [5.74, 6) is -0.703. The molecule has 6 aliphatic carbocycles. The quantitative estimate of drug-likeness (QED) is 0.196. The van der Waals surface area contributed by atoms with E-state index in [1.807, 2.05) is 6.07 Å². The first-order valence-corrected chi connectivity index (χ1v) is 17.4. The number of carbonyl (C=O) groups excluding carboxylic acids is 4. The van der Waals surface area contributed by atoms with Crippen LogP contribution in [0.1, 0.15) is 96.3 Å². The van der Waals surface area contributed by atoms with Gasteiger partial charge in [0.25, 0.3) is 0 Å². The third kappa shape index (κ3) is 7.57. The number of esters is 2. The molecule has 46 heavy (non-hydrogen) atoms.